The maximum absolute atomic E-state index is 10.8. The van der Waals surface area contributed by atoms with Gasteiger partial charge in [-0.1, -0.05) is 12.1 Å². The highest BCUT2D eigenvalue weighted by atomic mass is 28.5. The molecule has 0 spiro atoms. The number of non-ortho nitro benzene ring substituents is 1. The van der Waals surface area contributed by atoms with E-state index in [0.717, 1.165) is 5.19 Å². The van der Waals surface area contributed by atoms with Crippen LogP contribution in [0, 0.1) is 10.1 Å². The van der Waals surface area contributed by atoms with Gasteiger partial charge in [-0.25, -0.2) is 0 Å². The number of rotatable bonds is 6. The van der Waals surface area contributed by atoms with Gasteiger partial charge >= 0.3 is 8.56 Å². The Balaban J connectivity index is 3.20. The number of hydrogen-bond acceptors (Lipinski definition) is 4. The van der Waals surface area contributed by atoms with Gasteiger partial charge in [0.2, 0.25) is 0 Å². The zero-order valence-electron chi connectivity index (χ0n) is 13.9. The summed E-state index contributed by atoms with van der Waals surface area (Å²) in [6, 6.07) is 6.62. The lowest BCUT2D eigenvalue weighted by molar-refractivity contribution is -0.384. The van der Waals surface area contributed by atoms with E-state index in [1.54, 1.807) is 12.1 Å². The van der Waals surface area contributed by atoms with Gasteiger partial charge in [0.05, 0.1) is 4.92 Å². The van der Waals surface area contributed by atoms with E-state index >= 15 is 0 Å². The molecule has 0 bridgehead atoms. The molecule has 0 saturated heterocycles. The van der Waals surface area contributed by atoms with Gasteiger partial charge in [-0.15, -0.1) is 0 Å². The predicted molar refractivity (Wildman–Crippen MR) is 93.2 cm³/mol. The fraction of sp³-hybridized carbons (Fsp3) is 0.538. The van der Waals surface area contributed by atoms with Crippen molar-refractivity contribution in [3.63, 3.8) is 0 Å². The summed E-state index contributed by atoms with van der Waals surface area (Å²) in [4.78, 5) is 10.4. The quantitative estimate of drug-likeness (QED) is 0.450. The van der Waals surface area contributed by atoms with Gasteiger partial charge in [-0.3, -0.25) is 10.1 Å². The second kappa shape index (κ2) is 6.13. The van der Waals surface area contributed by atoms with Crippen molar-refractivity contribution in [3.05, 3.63) is 34.4 Å². The van der Waals surface area contributed by atoms with Gasteiger partial charge in [0.1, 0.15) is 0 Å². The summed E-state index contributed by atoms with van der Waals surface area (Å²) >= 11 is 0. The zero-order valence-corrected chi connectivity index (χ0v) is 16.9. The SMILES string of the molecule is C[Si](C)(C)O[Si](C)(O[Si](C)(C)C)c1ccc([N+](=O)[O-])cc1. The molecular weight excluding hydrogens is 318 g/mol. The average Bonchev–Trinajstić information content (AvgIpc) is 2.23. The Kier molecular flexibility index (Phi) is 5.32. The van der Waals surface area contributed by atoms with Gasteiger partial charge in [-0.2, -0.15) is 0 Å². The van der Waals surface area contributed by atoms with Crippen molar-refractivity contribution < 1.29 is 13.2 Å². The van der Waals surface area contributed by atoms with Crippen molar-refractivity contribution in [1.29, 1.82) is 0 Å². The van der Waals surface area contributed by atoms with E-state index in [1.807, 2.05) is 6.55 Å². The third kappa shape index (κ3) is 5.83. The molecule has 1 aromatic rings. The van der Waals surface area contributed by atoms with Crippen LogP contribution in [0.3, 0.4) is 0 Å². The molecule has 0 aromatic heterocycles. The third-order valence-electron chi connectivity index (χ3n) is 2.60. The summed E-state index contributed by atoms with van der Waals surface area (Å²) in [5, 5.41) is 11.7. The third-order valence-corrected chi connectivity index (χ3v) is 12.0. The summed E-state index contributed by atoms with van der Waals surface area (Å²) in [7, 11) is -6.12. The van der Waals surface area contributed by atoms with Gasteiger partial charge < -0.3 is 8.23 Å². The molecule has 21 heavy (non-hydrogen) atoms. The molecule has 0 N–H and O–H groups in total. The molecule has 0 atom stereocenters. The van der Waals surface area contributed by atoms with Crippen LogP contribution in [-0.2, 0) is 8.23 Å². The molecule has 1 rings (SSSR count). The molecule has 118 valence electrons. The Morgan fingerprint density at radius 2 is 1.24 bits per heavy atom. The average molecular weight is 344 g/mol. The number of nitro benzene ring substituents is 1. The molecule has 8 heteroatoms. The standard InChI is InChI=1S/C13H25NO4Si3/c1-19(2,3)17-21(7,18-20(4,5)6)13-10-8-12(9-11-13)14(15)16/h8-11H,1-7H3. The predicted octanol–water partition coefficient (Wildman–Crippen LogP) is 3.58. The highest BCUT2D eigenvalue weighted by molar-refractivity contribution is 6.94. The van der Waals surface area contributed by atoms with Crippen LogP contribution in [-0.4, -0.2) is 30.1 Å². The molecule has 1 aromatic carbocycles. The van der Waals surface area contributed by atoms with Crippen LogP contribution < -0.4 is 5.19 Å². The summed E-state index contributed by atoms with van der Waals surface area (Å²) in [6.45, 7) is 14.9. The minimum atomic E-state index is -2.55. The highest BCUT2D eigenvalue weighted by Gasteiger charge is 2.42. The van der Waals surface area contributed by atoms with Crippen LogP contribution in [0.15, 0.2) is 24.3 Å². The fourth-order valence-corrected chi connectivity index (χ4v) is 13.8. The van der Waals surface area contributed by atoms with Crippen molar-refractivity contribution in [2.24, 2.45) is 0 Å². The zero-order chi connectivity index (χ0) is 16.5. The molecule has 0 aliphatic rings. The molecule has 0 saturated carbocycles. The minimum Gasteiger partial charge on any atom is -0.433 e. The van der Waals surface area contributed by atoms with Crippen molar-refractivity contribution in [1.82, 2.24) is 0 Å². The fourth-order valence-electron chi connectivity index (χ4n) is 2.19. The molecule has 0 radical (unpaired) electrons. The molecule has 0 fully saturated rings. The molecule has 0 amide bonds. The summed E-state index contributed by atoms with van der Waals surface area (Å²) in [5.41, 5.74) is 0.0936. The smallest absolute Gasteiger partial charge is 0.348 e. The number of hydrogen-bond donors (Lipinski definition) is 0. The van der Waals surface area contributed by atoms with Crippen LogP contribution in [0.1, 0.15) is 0 Å². The normalized spacial score (nSPS) is 13.3. The van der Waals surface area contributed by atoms with E-state index in [2.05, 4.69) is 39.3 Å². The van der Waals surface area contributed by atoms with Crippen molar-refractivity contribution >= 4 is 36.1 Å². The van der Waals surface area contributed by atoms with Crippen LogP contribution in [0.25, 0.3) is 0 Å². The Morgan fingerprint density at radius 1 is 0.857 bits per heavy atom. The van der Waals surface area contributed by atoms with Crippen LogP contribution in [0.2, 0.25) is 45.8 Å². The Bertz CT molecular complexity index is 490. The first-order chi connectivity index (χ1) is 9.32. The monoisotopic (exact) mass is 343 g/mol. The molecule has 0 unspecified atom stereocenters. The molecule has 0 heterocycles. The van der Waals surface area contributed by atoms with E-state index in [0.29, 0.717) is 0 Å². The summed E-state index contributed by atoms with van der Waals surface area (Å²) < 4.78 is 12.8. The first kappa shape index (κ1) is 18.2. The highest BCUT2D eigenvalue weighted by Crippen LogP contribution is 2.21. The number of nitro groups is 1. The van der Waals surface area contributed by atoms with Crippen molar-refractivity contribution in [3.8, 4) is 0 Å². The van der Waals surface area contributed by atoms with E-state index in [1.165, 1.54) is 12.1 Å². The summed E-state index contributed by atoms with van der Waals surface area (Å²) in [5.74, 6) is 0. The molecule has 0 aliphatic heterocycles. The van der Waals surface area contributed by atoms with Crippen LogP contribution in [0.4, 0.5) is 5.69 Å². The van der Waals surface area contributed by atoms with E-state index in [9.17, 15) is 10.1 Å². The second-order valence-corrected chi connectivity index (χ2v) is 19.7. The van der Waals surface area contributed by atoms with Gasteiger partial charge in [0.25, 0.3) is 5.69 Å². The maximum atomic E-state index is 10.8. The van der Waals surface area contributed by atoms with Crippen LogP contribution >= 0.6 is 0 Å². The number of benzene rings is 1. The summed E-state index contributed by atoms with van der Waals surface area (Å²) in [6.07, 6.45) is 0. The Hall–Kier alpha value is -0.809. The second-order valence-electron chi connectivity index (χ2n) is 7.18. The Morgan fingerprint density at radius 3 is 1.52 bits per heavy atom. The van der Waals surface area contributed by atoms with E-state index in [4.69, 9.17) is 8.23 Å². The molecule has 5 nitrogen and oxygen atoms in total. The first-order valence-corrected chi connectivity index (χ1v) is 16.1. The molecular formula is C13H25NO4Si3. The largest absolute Gasteiger partial charge is 0.433 e. The van der Waals surface area contributed by atoms with E-state index < -0.39 is 25.2 Å². The molecule has 0 aliphatic carbocycles. The maximum Gasteiger partial charge on any atom is 0.348 e. The number of nitrogens with zero attached hydrogens (tertiary/aromatic N) is 1. The van der Waals surface area contributed by atoms with E-state index in [-0.39, 0.29) is 10.6 Å². The topological polar surface area (TPSA) is 61.6 Å². The van der Waals surface area contributed by atoms with Crippen molar-refractivity contribution in [2.45, 2.75) is 45.8 Å². The van der Waals surface area contributed by atoms with Gasteiger partial charge in [-0.05, 0) is 51.0 Å². The van der Waals surface area contributed by atoms with Crippen LogP contribution in [0.5, 0.6) is 0 Å². The van der Waals surface area contributed by atoms with Crippen molar-refractivity contribution in [2.75, 3.05) is 0 Å². The van der Waals surface area contributed by atoms with Gasteiger partial charge in [0, 0.05) is 12.1 Å². The Labute approximate surface area is 130 Å². The minimum absolute atomic E-state index is 0.0936. The lowest BCUT2D eigenvalue weighted by atomic mass is 10.3. The lowest BCUT2D eigenvalue weighted by Gasteiger charge is -2.38. The lowest BCUT2D eigenvalue weighted by Crippen LogP contribution is -2.60. The van der Waals surface area contributed by atoms with Gasteiger partial charge in [0.15, 0.2) is 16.6 Å². The first-order valence-electron chi connectivity index (χ1n) is 6.98.